The second kappa shape index (κ2) is 12.3. The molecule has 1 aliphatic heterocycles. The molecule has 0 atom stereocenters. The Hall–Kier alpha value is -2.58. The SMILES string of the molecule is O=CN(C/C(O)=C/Cc1cc(CN2CCCCC2)ccn1)C(=O)CSCc1ccco1. The van der Waals surface area contributed by atoms with Crippen molar-refractivity contribution in [1.29, 1.82) is 0 Å². The maximum absolute atomic E-state index is 12.2. The Bertz CT molecular complexity index is 863. The highest BCUT2D eigenvalue weighted by Gasteiger charge is 2.15. The molecule has 8 heteroatoms. The van der Waals surface area contributed by atoms with Gasteiger partial charge in [0.1, 0.15) is 11.5 Å². The fraction of sp³-hybridized carbons (Fsp3) is 0.435. The van der Waals surface area contributed by atoms with E-state index in [1.807, 2.05) is 18.2 Å². The quantitative estimate of drug-likeness (QED) is 0.420. The van der Waals surface area contributed by atoms with E-state index in [2.05, 4.69) is 9.88 Å². The molecule has 3 heterocycles. The van der Waals surface area contributed by atoms with Gasteiger partial charge in [-0.05, 0) is 61.8 Å². The predicted molar refractivity (Wildman–Crippen MR) is 120 cm³/mol. The Balaban J connectivity index is 1.46. The summed E-state index contributed by atoms with van der Waals surface area (Å²) in [6, 6.07) is 7.69. The van der Waals surface area contributed by atoms with Crippen LogP contribution in [0.3, 0.4) is 0 Å². The third-order valence-electron chi connectivity index (χ3n) is 5.11. The van der Waals surface area contributed by atoms with Crippen LogP contribution in [0.5, 0.6) is 0 Å². The monoisotopic (exact) mass is 443 g/mol. The first-order chi connectivity index (χ1) is 15.1. The number of piperidine rings is 1. The fourth-order valence-electron chi connectivity index (χ4n) is 3.48. The maximum Gasteiger partial charge on any atom is 0.239 e. The van der Waals surface area contributed by atoms with E-state index in [0.717, 1.165) is 36.0 Å². The van der Waals surface area contributed by atoms with E-state index in [-0.39, 0.29) is 24.0 Å². The normalized spacial score (nSPS) is 15.0. The predicted octanol–water partition coefficient (Wildman–Crippen LogP) is 3.56. The number of carbonyl (C=O) groups excluding carboxylic acids is 2. The molecule has 2 amide bonds. The number of furan rings is 1. The number of hydrogen-bond acceptors (Lipinski definition) is 7. The van der Waals surface area contributed by atoms with Crippen molar-refractivity contribution in [2.45, 2.75) is 38.0 Å². The number of rotatable bonds is 11. The lowest BCUT2D eigenvalue weighted by Crippen LogP contribution is -2.33. The summed E-state index contributed by atoms with van der Waals surface area (Å²) in [6.45, 7) is 3.03. The topological polar surface area (TPSA) is 86.9 Å². The van der Waals surface area contributed by atoms with Crippen molar-refractivity contribution in [3.05, 3.63) is 65.6 Å². The average molecular weight is 444 g/mol. The first kappa shape index (κ1) is 23.1. The van der Waals surface area contributed by atoms with Gasteiger partial charge in [0.25, 0.3) is 0 Å². The van der Waals surface area contributed by atoms with Crippen molar-refractivity contribution < 1.29 is 19.1 Å². The van der Waals surface area contributed by atoms with E-state index >= 15 is 0 Å². The summed E-state index contributed by atoms with van der Waals surface area (Å²) < 4.78 is 5.22. The molecule has 1 N–H and O–H groups in total. The summed E-state index contributed by atoms with van der Waals surface area (Å²) >= 11 is 1.36. The van der Waals surface area contributed by atoms with Crippen molar-refractivity contribution in [3.63, 3.8) is 0 Å². The number of likely N-dealkylation sites (tertiary alicyclic amines) is 1. The molecule has 0 spiro atoms. The Morgan fingerprint density at radius 3 is 2.87 bits per heavy atom. The van der Waals surface area contributed by atoms with Crippen LogP contribution in [0.4, 0.5) is 0 Å². The highest BCUT2D eigenvalue weighted by molar-refractivity contribution is 7.99. The van der Waals surface area contributed by atoms with Crippen LogP contribution in [0, 0.1) is 0 Å². The van der Waals surface area contributed by atoms with Crippen molar-refractivity contribution in [2.24, 2.45) is 0 Å². The molecule has 0 radical (unpaired) electrons. The van der Waals surface area contributed by atoms with Gasteiger partial charge in [-0.25, -0.2) is 0 Å². The molecule has 1 aliphatic rings. The van der Waals surface area contributed by atoms with Crippen molar-refractivity contribution in [2.75, 3.05) is 25.4 Å². The highest BCUT2D eigenvalue weighted by Crippen LogP contribution is 2.15. The van der Waals surface area contributed by atoms with Gasteiger partial charge in [-0.1, -0.05) is 6.42 Å². The van der Waals surface area contributed by atoms with Crippen molar-refractivity contribution in [1.82, 2.24) is 14.8 Å². The number of nitrogens with zero attached hydrogens (tertiary/aromatic N) is 3. The molecule has 2 aromatic rings. The third-order valence-corrected chi connectivity index (χ3v) is 6.05. The molecule has 2 aromatic heterocycles. The van der Waals surface area contributed by atoms with Crippen LogP contribution in [0.15, 0.2) is 53.0 Å². The first-order valence-electron chi connectivity index (χ1n) is 10.5. The lowest BCUT2D eigenvalue weighted by atomic mass is 10.1. The molecule has 0 aromatic carbocycles. The molecule has 3 rings (SSSR count). The molecule has 1 saturated heterocycles. The van der Waals surface area contributed by atoms with Crippen LogP contribution in [0.2, 0.25) is 0 Å². The summed E-state index contributed by atoms with van der Waals surface area (Å²) in [5.74, 6) is 1.07. The van der Waals surface area contributed by atoms with Crippen LogP contribution in [-0.4, -0.2) is 57.6 Å². The minimum Gasteiger partial charge on any atom is -0.511 e. The standard InChI is InChI=1S/C23H29N3O4S/c27-18-26(23(29)17-31-16-22-5-4-12-30-22)15-21(28)7-6-20-13-19(8-9-24-20)14-25-10-2-1-3-11-25/h4-5,7-9,12-13,18,28H,1-3,6,10-11,14-17H2/b21-7-. The number of allylic oxidation sites excluding steroid dienone is 1. The zero-order valence-electron chi connectivity index (χ0n) is 17.6. The van der Waals surface area contributed by atoms with Gasteiger partial charge in [-0.3, -0.25) is 24.4 Å². The Morgan fingerprint density at radius 1 is 1.29 bits per heavy atom. The summed E-state index contributed by atoms with van der Waals surface area (Å²) in [7, 11) is 0. The number of aliphatic hydroxyl groups is 1. The van der Waals surface area contributed by atoms with Crippen LogP contribution >= 0.6 is 11.8 Å². The molecule has 166 valence electrons. The van der Waals surface area contributed by atoms with E-state index in [1.54, 1.807) is 24.6 Å². The van der Waals surface area contributed by atoms with Crippen molar-refractivity contribution in [3.8, 4) is 0 Å². The van der Waals surface area contributed by atoms with Crippen LogP contribution < -0.4 is 0 Å². The summed E-state index contributed by atoms with van der Waals surface area (Å²) in [4.78, 5) is 31.3. The Kier molecular flexibility index (Phi) is 9.17. The van der Waals surface area contributed by atoms with E-state index in [1.165, 1.54) is 36.6 Å². The van der Waals surface area contributed by atoms with Gasteiger partial charge in [0.05, 0.1) is 24.3 Å². The van der Waals surface area contributed by atoms with E-state index in [9.17, 15) is 14.7 Å². The van der Waals surface area contributed by atoms with Gasteiger partial charge < -0.3 is 9.52 Å². The van der Waals surface area contributed by atoms with Gasteiger partial charge in [0, 0.05) is 24.9 Å². The minimum atomic E-state index is -0.354. The molecule has 7 nitrogen and oxygen atoms in total. The molecular formula is C23H29N3O4S. The summed E-state index contributed by atoms with van der Waals surface area (Å²) in [5, 5.41) is 10.2. The molecule has 0 bridgehead atoms. The molecule has 0 saturated carbocycles. The second-order valence-electron chi connectivity index (χ2n) is 7.59. The average Bonchev–Trinajstić information content (AvgIpc) is 3.30. The first-order valence-corrected chi connectivity index (χ1v) is 11.7. The fourth-order valence-corrected chi connectivity index (χ4v) is 4.28. The number of carbonyl (C=O) groups is 2. The highest BCUT2D eigenvalue weighted by atomic mass is 32.2. The number of aliphatic hydroxyl groups excluding tert-OH is 1. The van der Waals surface area contributed by atoms with E-state index in [0.29, 0.717) is 18.6 Å². The van der Waals surface area contributed by atoms with Crippen LogP contribution in [-0.2, 0) is 28.3 Å². The van der Waals surface area contributed by atoms with E-state index in [4.69, 9.17) is 4.42 Å². The van der Waals surface area contributed by atoms with Gasteiger partial charge in [0.15, 0.2) is 0 Å². The molecule has 0 unspecified atom stereocenters. The number of aromatic nitrogens is 1. The number of pyridine rings is 1. The molecule has 31 heavy (non-hydrogen) atoms. The molecule has 0 aliphatic carbocycles. The van der Waals surface area contributed by atoms with Gasteiger partial charge >= 0.3 is 0 Å². The minimum absolute atomic E-state index is 0.0280. The molecule has 1 fully saturated rings. The summed E-state index contributed by atoms with van der Waals surface area (Å²) in [6.07, 6.45) is 9.68. The van der Waals surface area contributed by atoms with Crippen LogP contribution in [0.1, 0.15) is 36.3 Å². The number of hydrogen-bond donors (Lipinski definition) is 1. The lowest BCUT2D eigenvalue weighted by Gasteiger charge is -2.26. The third kappa shape index (κ3) is 7.88. The van der Waals surface area contributed by atoms with Gasteiger partial charge in [0.2, 0.25) is 12.3 Å². The lowest BCUT2D eigenvalue weighted by molar-refractivity contribution is -0.135. The molecular weight excluding hydrogens is 414 g/mol. The van der Waals surface area contributed by atoms with E-state index < -0.39 is 0 Å². The zero-order chi connectivity index (χ0) is 21.9. The zero-order valence-corrected chi connectivity index (χ0v) is 18.4. The van der Waals surface area contributed by atoms with Gasteiger partial charge in [-0.2, -0.15) is 0 Å². The largest absolute Gasteiger partial charge is 0.511 e. The number of thioether (sulfide) groups is 1. The van der Waals surface area contributed by atoms with Crippen LogP contribution in [0.25, 0.3) is 0 Å². The number of imide groups is 1. The summed E-state index contributed by atoms with van der Waals surface area (Å²) in [5.41, 5.74) is 2.05. The Morgan fingerprint density at radius 2 is 2.13 bits per heavy atom. The second-order valence-corrected chi connectivity index (χ2v) is 8.58. The number of amides is 2. The smallest absolute Gasteiger partial charge is 0.239 e. The maximum atomic E-state index is 12.2. The van der Waals surface area contributed by atoms with Crippen molar-refractivity contribution >= 4 is 24.1 Å². The van der Waals surface area contributed by atoms with Gasteiger partial charge in [-0.15, -0.1) is 11.8 Å². The Labute approximate surface area is 187 Å².